The normalized spacial score (nSPS) is 21.3. The Morgan fingerprint density at radius 2 is 1.79 bits per heavy atom. The van der Waals surface area contributed by atoms with Crippen LogP contribution >= 0.6 is 0 Å². The first-order chi connectivity index (χ1) is 13.5. The average molecular weight is 426 g/mol. The first-order valence-corrected chi connectivity index (χ1v) is 11.7. The molecule has 1 N–H and O–H groups in total. The maximum absolute atomic E-state index is 12.7. The number of ether oxygens (including phenoxy) is 1. The number of nitrogens with zero attached hydrogens (tertiary/aromatic N) is 2. The van der Waals surface area contributed by atoms with Gasteiger partial charge in [-0.3, -0.25) is 9.69 Å². The number of sulfonamides is 1. The second-order valence-corrected chi connectivity index (χ2v) is 10.2. The summed E-state index contributed by atoms with van der Waals surface area (Å²) in [6.45, 7) is 14.8. The quantitative estimate of drug-likeness (QED) is 0.692. The van der Waals surface area contributed by atoms with Crippen LogP contribution in [0.4, 0.5) is 0 Å². The lowest BCUT2D eigenvalue weighted by atomic mass is 10.00. The van der Waals surface area contributed by atoms with E-state index in [0.29, 0.717) is 25.2 Å². The van der Waals surface area contributed by atoms with Crippen LogP contribution in [0.5, 0.6) is 0 Å². The van der Waals surface area contributed by atoms with Crippen molar-refractivity contribution >= 4 is 15.9 Å². The van der Waals surface area contributed by atoms with Crippen LogP contribution < -0.4 is 5.32 Å². The highest BCUT2D eigenvalue weighted by Crippen LogP contribution is 2.21. The molecule has 164 valence electrons. The molecule has 2 rings (SSSR count). The van der Waals surface area contributed by atoms with Crippen LogP contribution in [0.2, 0.25) is 0 Å². The fourth-order valence-electron chi connectivity index (χ4n) is 3.69. The summed E-state index contributed by atoms with van der Waals surface area (Å²) in [5.74, 6) is -0.274. The molecule has 1 aromatic carbocycles. The van der Waals surface area contributed by atoms with E-state index in [2.05, 4.69) is 37.9 Å². The number of hydrogen-bond acceptors (Lipinski definition) is 5. The van der Waals surface area contributed by atoms with Gasteiger partial charge < -0.3 is 10.1 Å². The largest absolute Gasteiger partial charge is 0.373 e. The van der Waals surface area contributed by atoms with Gasteiger partial charge in [-0.2, -0.15) is 4.31 Å². The molecule has 1 aliphatic heterocycles. The standard InChI is InChI=1S/C21H35N3O4S/c1-7-24(8-2)29(26,27)19-11-9-10-18(12-19)20(25)22-15-21(5,6)23-13-16(3)28-17(4)14-23/h9-12,16-17H,7-8,13-15H2,1-6H3,(H,22,25). The lowest BCUT2D eigenvalue weighted by Crippen LogP contribution is -2.58. The van der Waals surface area contributed by atoms with Gasteiger partial charge in [0, 0.05) is 43.8 Å². The van der Waals surface area contributed by atoms with Crippen molar-refractivity contribution in [2.75, 3.05) is 32.7 Å². The summed E-state index contributed by atoms with van der Waals surface area (Å²) in [6, 6.07) is 6.24. The third-order valence-corrected chi connectivity index (χ3v) is 7.44. The molecule has 0 saturated carbocycles. The van der Waals surface area contributed by atoms with Gasteiger partial charge >= 0.3 is 0 Å². The fraction of sp³-hybridized carbons (Fsp3) is 0.667. The zero-order valence-corrected chi connectivity index (χ0v) is 19.3. The van der Waals surface area contributed by atoms with E-state index < -0.39 is 10.0 Å². The minimum absolute atomic E-state index is 0.143. The van der Waals surface area contributed by atoms with Gasteiger partial charge in [0.25, 0.3) is 5.91 Å². The Labute approximate surface area is 175 Å². The summed E-state index contributed by atoms with van der Waals surface area (Å²) in [7, 11) is -3.60. The van der Waals surface area contributed by atoms with E-state index >= 15 is 0 Å². The molecule has 1 heterocycles. The highest BCUT2D eigenvalue weighted by Gasteiger charge is 2.33. The zero-order chi connectivity index (χ0) is 21.8. The molecule has 1 saturated heterocycles. The Kier molecular flexibility index (Phi) is 7.84. The molecule has 0 spiro atoms. The highest BCUT2D eigenvalue weighted by molar-refractivity contribution is 7.89. The second kappa shape index (κ2) is 9.55. The Bertz CT molecular complexity index is 796. The molecular formula is C21H35N3O4S. The van der Waals surface area contributed by atoms with Crippen LogP contribution in [0.1, 0.15) is 51.9 Å². The number of hydrogen-bond donors (Lipinski definition) is 1. The van der Waals surface area contributed by atoms with E-state index in [0.717, 1.165) is 13.1 Å². The van der Waals surface area contributed by atoms with Crippen LogP contribution in [0.25, 0.3) is 0 Å². The van der Waals surface area contributed by atoms with E-state index in [-0.39, 0.29) is 28.5 Å². The molecule has 0 bridgehead atoms. The van der Waals surface area contributed by atoms with Crippen molar-refractivity contribution in [3.8, 4) is 0 Å². The summed E-state index contributed by atoms with van der Waals surface area (Å²) in [5, 5.41) is 2.97. The van der Waals surface area contributed by atoms with Crippen LogP contribution in [0.15, 0.2) is 29.2 Å². The van der Waals surface area contributed by atoms with Crippen molar-refractivity contribution in [3.63, 3.8) is 0 Å². The smallest absolute Gasteiger partial charge is 0.251 e. The minimum Gasteiger partial charge on any atom is -0.373 e. The predicted molar refractivity (Wildman–Crippen MR) is 115 cm³/mol. The Hall–Kier alpha value is -1.48. The molecule has 1 aliphatic rings. The van der Waals surface area contributed by atoms with E-state index in [4.69, 9.17) is 4.74 Å². The molecule has 29 heavy (non-hydrogen) atoms. The van der Waals surface area contributed by atoms with Gasteiger partial charge in [-0.05, 0) is 45.9 Å². The first kappa shape index (κ1) is 23.8. The van der Waals surface area contributed by atoms with Gasteiger partial charge in [-0.1, -0.05) is 19.9 Å². The lowest BCUT2D eigenvalue weighted by Gasteiger charge is -2.45. The van der Waals surface area contributed by atoms with Gasteiger partial charge in [0.05, 0.1) is 17.1 Å². The monoisotopic (exact) mass is 425 g/mol. The molecule has 1 aromatic rings. The molecule has 2 unspecified atom stereocenters. The molecule has 8 heteroatoms. The number of carbonyl (C=O) groups is 1. The molecule has 2 atom stereocenters. The third kappa shape index (κ3) is 5.78. The first-order valence-electron chi connectivity index (χ1n) is 10.3. The van der Waals surface area contributed by atoms with Crippen molar-refractivity contribution in [1.29, 1.82) is 0 Å². The van der Waals surface area contributed by atoms with Crippen LogP contribution in [-0.4, -0.2) is 74.0 Å². The molecule has 7 nitrogen and oxygen atoms in total. The number of nitrogens with one attached hydrogen (secondary N) is 1. The van der Waals surface area contributed by atoms with Crippen molar-refractivity contribution in [3.05, 3.63) is 29.8 Å². The van der Waals surface area contributed by atoms with Crippen molar-refractivity contribution in [1.82, 2.24) is 14.5 Å². The maximum Gasteiger partial charge on any atom is 0.251 e. The van der Waals surface area contributed by atoms with Gasteiger partial charge in [-0.15, -0.1) is 0 Å². The summed E-state index contributed by atoms with van der Waals surface area (Å²) < 4.78 is 32.6. The fourth-order valence-corrected chi connectivity index (χ4v) is 5.20. The molecule has 1 amide bonds. The maximum atomic E-state index is 12.7. The Balaban J connectivity index is 2.10. The molecule has 0 aromatic heterocycles. The number of rotatable bonds is 8. The second-order valence-electron chi connectivity index (χ2n) is 8.27. The van der Waals surface area contributed by atoms with Gasteiger partial charge in [-0.25, -0.2) is 8.42 Å². The number of amides is 1. The lowest BCUT2D eigenvalue weighted by molar-refractivity contribution is -0.0948. The summed E-state index contributed by atoms with van der Waals surface area (Å²) >= 11 is 0. The van der Waals surface area contributed by atoms with E-state index in [9.17, 15) is 13.2 Å². The zero-order valence-electron chi connectivity index (χ0n) is 18.4. The van der Waals surface area contributed by atoms with E-state index in [1.54, 1.807) is 26.0 Å². The third-order valence-electron chi connectivity index (χ3n) is 5.40. The van der Waals surface area contributed by atoms with Crippen LogP contribution in [-0.2, 0) is 14.8 Å². The Morgan fingerprint density at radius 1 is 1.21 bits per heavy atom. The van der Waals surface area contributed by atoms with Crippen molar-refractivity contribution in [2.45, 2.75) is 64.2 Å². The van der Waals surface area contributed by atoms with Crippen molar-refractivity contribution < 1.29 is 17.9 Å². The molecule has 1 fully saturated rings. The minimum atomic E-state index is -3.60. The van der Waals surface area contributed by atoms with Crippen LogP contribution in [0, 0.1) is 0 Å². The molecule has 0 aliphatic carbocycles. The SMILES string of the molecule is CCN(CC)S(=O)(=O)c1cccc(C(=O)NCC(C)(C)N2CC(C)OC(C)C2)c1. The van der Waals surface area contributed by atoms with Gasteiger partial charge in [0.2, 0.25) is 10.0 Å². The number of morpholine rings is 1. The summed E-state index contributed by atoms with van der Waals surface area (Å²) in [4.78, 5) is 15.2. The van der Waals surface area contributed by atoms with E-state index in [1.165, 1.54) is 16.4 Å². The summed E-state index contributed by atoms with van der Waals surface area (Å²) in [5.41, 5.74) is 0.102. The number of benzene rings is 1. The van der Waals surface area contributed by atoms with Gasteiger partial charge in [0.1, 0.15) is 0 Å². The van der Waals surface area contributed by atoms with Gasteiger partial charge in [0.15, 0.2) is 0 Å². The number of carbonyl (C=O) groups excluding carboxylic acids is 1. The average Bonchev–Trinajstić information content (AvgIpc) is 2.66. The predicted octanol–water partition coefficient (Wildman–Crippen LogP) is 2.33. The molecule has 0 radical (unpaired) electrons. The van der Waals surface area contributed by atoms with Crippen LogP contribution in [0.3, 0.4) is 0 Å². The van der Waals surface area contributed by atoms with Crippen molar-refractivity contribution in [2.24, 2.45) is 0 Å². The van der Waals surface area contributed by atoms with E-state index in [1.807, 2.05) is 0 Å². The molecular weight excluding hydrogens is 390 g/mol. The highest BCUT2D eigenvalue weighted by atomic mass is 32.2. The summed E-state index contributed by atoms with van der Waals surface area (Å²) in [6.07, 6.45) is 0.298. The topological polar surface area (TPSA) is 79.0 Å². The Morgan fingerprint density at radius 3 is 2.34 bits per heavy atom.